The Morgan fingerprint density at radius 3 is 2.63 bits per heavy atom. The van der Waals surface area contributed by atoms with Crippen LogP contribution in [0.3, 0.4) is 0 Å². The van der Waals surface area contributed by atoms with Crippen molar-refractivity contribution in [3.63, 3.8) is 0 Å². The van der Waals surface area contributed by atoms with Crippen molar-refractivity contribution in [2.75, 3.05) is 24.7 Å². The molecule has 2 heterocycles. The largest absolute Gasteiger partial charge is 0.395 e. The monoisotopic (exact) mass is 401 g/mol. The second-order valence-electron chi connectivity index (χ2n) is 6.12. The molecular weight excluding hydrogens is 378 g/mol. The Labute approximate surface area is 167 Å². The zero-order valence-corrected chi connectivity index (χ0v) is 17.2. The van der Waals surface area contributed by atoms with Crippen LogP contribution in [0.5, 0.6) is 0 Å². The first-order valence-electron chi connectivity index (χ1n) is 8.63. The summed E-state index contributed by atoms with van der Waals surface area (Å²) in [6.45, 7) is 5.44. The number of aliphatic hydroxyl groups excluding tert-OH is 1. The number of anilines is 2. The van der Waals surface area contributed by atoms with E-state index < -0.39 is 0 Å². The molecule has 3 rings (SSSR count). The Morgan fingerprint density at radius 1 is 1.15 bits per heavy atom. The minimum absolute atomic E-state index is 0.116. The smallest absolute Gasteiger partial charge is 0.227 e. The highest BCUT2D eigenvalue weighted by atomic mass is 32.2. The molecule has 3 aromatic rings. The van der Waals surface area contributed by atoms with Gasteiger partial charge in [-0.05, 0) is 49.4 Å². The highest BCUT2D eigenvalue weighted by Crippen LogP contribution is 2.33. The summed E-state index contributed by atoms with van der Waals surface area (Å²) in [7, 11) is 0. The number of thiazole rings is 1. The van der Waals surface area contributed by atoms with Gasteiger partial charge in [-0.25, -0.2) is 15.0 Å². The van der Waals surface area contributed by atoms with Gasteiger partial charge in [0.05, 0.1) is 16.5 Å². The van der Waals surface area contributed by atoms with E-state index in [-0.39, 0.29) is 6.61 Å². The maximum Gasteiger partial charge on any atom is 0.227 e. The van der Waals surface area contributed by atoms with E-state index in [1.54, 1.807) is 29.3 Å². The molecule has 3 N–H and O–H groups in total. The molecule has 0 bridgehead atoms. The summed E-state index contributed by atoms with van der Waals surface area (Å²) in [5, 5.41) is 16.3. The SMILES string of the molecule is CSc1sc(-c2ccnc(Nc3cc(C)cc(C)c3)n2)nc1CNCCO. The van der Waals surface area contributed by atoms with E-state index >= 15 is 0 Å². The number of aliphatic hydroxyl groups is 1. The van der Waals surface area contributed by atoms with Crippen LogP contribution in [-0.2, 0) is 6.54 Å². The average Bonchev–Trinajstić information content (AvgIpc) is 3.05. The summed E-state index contributed by atoms with van der Waals surface area (Å²) >= 11 is 3.30. The summed E-state index contributed by atoms with van der Waals surface area (Å²) in [6, 6.07) is 8.15. The molecular formula is C19H23N5OS2. The first-order valence-corrected chi connectivity index (χ1v) is 10.7. The lowest BCUT2D eigenvalue weighted by Gasteiger charge is -2.07. The molecule has 0 saturated carbocycles. The van der Waals surface area contributed by atoms with Gasteiger partial charge in [-0.1, -0.05) is 6.07 Å². The molecule has 0 unspecified atom stereocenters. The van der Waals surface area contributed by atoms with Gasteiger partial charge in [0.2, 0.25) is 5.95 Å². The second-order valence-corrected chi connectivity index (χ2v) is 8.20. The van der Waals surface area contributed by atoms with Crippen LogP contribution in [0.2, 0.25) is 0 Å². The van der Waals surface area contributed by atoms with Crippen LogP contribution in [0.15, 0.2) is 34.7 Å². The Morgan fingerprint density at radius 2 is 1.93 bits per heavy atom. The maximum atomic E-state index is 8.93. The normalized spacial score (nSPS) is 11.0. The van der Waals surface area contributed by atoms with Gasteiger partial charge < -0.3 is 15.7 Å². The average molecular weight is 402 g/mol. The summed E-state index contributed by atoms with van der Waals surface area (Å²) in [5.74, 6) is 0.554. The molecule has 0 amide bonds. The topological polar surface area (TPSA) is 83.0 Å². The van der Waals surface area contributed by atoms with Crippen molar-refractivity contribution < 1.29 is 5.11 Å². The quantitative estimate of drug-likeness (QED) is 0.391. The molecule has 0 saturated heterocycles. The molecule has 2 aromatic heterocycles. The van der Waals surface area contributed by atoms with Gasteiger partial charge >= 0.3 is 0 Å². The zero-order valence-electron chi connectivity index (χ0n) is 15.6. The van der Waals surface area contributed by atoms with Gasteiger partial charge in [-0.2, -0.15) is 0 Å². The Bertz CT molecular complexity index is 893. The number of benzene rings is 1. The summed E-state index contributed by atoms with van der Waals surface area (Å²) in [4.78, 5) is 13.7. The van der Waals surface area contributed by atoms with E-state index in [2.05, 4.69) is 52.6 Å². The summed E-state index contributed by atoms with van der Waals surface area (Å²) < 4.78 is 1.15. The second kappa shape index (κ2) is 9.27. The molecule has 0 spiro atoms. The molecule has 1 aromatic carbocycles. The van der Waals surface area contributed by atoms with Crippen LogP contribution >= 0.6 is 23.1 Å². The Kier molecular flexibility index (Phi) is 6.78. The van der Waals surface area contributed by atoms with Crippen molar-refractivity contribution in [3.05, 3.63) is 47.3 Å². The number of rotatable bonds is 8. The molecule has 0 fully saturated rings. The van der Waals surface area contributed by atoms with Crippen LogP contribution in [0.1, 0.15) is 16.8 Å². The standard InChI is InChI=1S/C19H23N5OS2/c1-12-8-13(2)10-14(9-12)22-19-21-5-4-15(24-19)17-23-16(11-20-6-7-25)18(26-3)27-17/h4-5,8-10,20,25H,6-7,11H2,1-3H3,(H,21,22,24). The fraction of sp³-hybridized carbons (Fsp3) is 0.316. The number of nitrogens with one attached hydrogen (secondary N) is 2. The third kappa shape index (κ3) is 5.26. The molecule has 0 aliphatic rings. The van der Waals surface area contributed by atoms with Crippen molar-refractivity contribution in [1.29, 1.82) is 0 Å². The van der Waals surface area contributed by atoms with Gasteiger partial charge in [0.15, 0.2) is 0 Å². The molecule has 0 atom stereocenters. The molecule has 142 valence electrons. The van der Waals surface area contributed by atoms with E-state index in [0.29, 0.717) is 19.0 Å². The maximum absolute atomic E-state index is 8.93. The molecule has 8 heteroatoms. The first-order chi connectivity index (χ1) is 13.1. The Balaban J connectivity index is 1.82. The lowest BCUT2D eigenvalue weighted by Crippen LogP contribution is -2.18. The minimum Gasteiger partial charge on any atom is -0.395 e. The van der Waals surface area contributed by atoms with E-state index in [1.807, 2.05) is 12.3 Å². The number of hydrogen-bond donors (Lipinski definition) is 3. The van der Waals surface area contributed by atoms with Crippen molar-refractivity contribution in [3.8, 4) is 10.7 Å². The van der Waals surface area contributed by atoms with Crippen molar-refractivity contribution >= 4 is 34.7 Å². The van der Waals surface area contributed by atoms with Crippen molar-refractivity contribution in [1.82, 2.24) is 20.3 Å². The van der Waals surface area contributed by atoms with Gasteiger partial charge in [-0.15, -0.1) is 23.1 Å². The fourth-order valence-electron chi connectivity index (χ4n) is 2.72. The first kappa shape index (κ1) is 19.8. The third-order valence-electron chi connectivity index (χ3n) is 3.78. The van der Waals surface area contributed by atoms with Gasteiger partial charge in [0.25, 0.3) is 0 Å². The predicted octanol–water partition coefficient (Wildman–Crippen LogP) is 3.76. The van der Waals surface area contributed by atoms with E-state index in [9.17, 15) is 0 Å². The highest BCUT2D eigenvalue weighted by molar-refractivity contribution is 8.00. The van der Waals surface area contributed by atoms with E-state index in [1.165, 1.54) is 11.1 Å². The molecule has 0 radical (unpaired) electrons. The molecule has 27 heavy (non-hydrogen) atoms. The van der Waals surface area contributed by atoms with Crippen LogP contribution in [-0.4, -0.2) is 39.5 Å². The Hall–Kier alpha value is -2.00. The van der Waals surface area contributed by atoms with Crippen LogP contribution < -0.4 is 10.6 Å². The number of aromatic nitrogens is 3. The number of aryl methyl sites for hydroxylation is 2. The predicted molar refractivity (Wildman–Crippen MR) is 113 cm³/mol. The van der Waals surface area contributed by atoms with Gasteiger partial charge in [-0.3, -0.25) is 0 Å². The molecule has 0 aliphatic heterocycles. The molecule has 0 aliphatic carbocycles. The van der Waals surface area contributed by atoms with E-state index in [0.717, 1.165) is 26.3 Å². The highest BCUT2D eigenvalue weighted by Gasteiger charge is 2.13. The number of thioether (sulfide) groups is 1. The fourth-order valence-corrected chi connectivity index (χ4v) is 4.43. The van der Waals surface area contributed by atoms with Crippen LogP contribution in [0.4, 0.5) is 11.6 Å². The lowest BCUT2D eigenvalue weighted by atomic mass is 10.1. The van der Waals surface area contributed by atoms with Crippen molar-refractivity contribution in [2.45, 2.75) is 24.6 Å². The van der Waals surface area contributed by atoms with Crippen LogP contribution in [0, 0.1) is 13.8 Å². The number of nitrogens with zero attached hydrogens (tertiary/aromatic N) is 3. The summed E-state index contributed by atoms with van der Waals surface area (Å²) in [6.07, 6.45) is 3.79. The lowest BCUT2D eigenvalue weighted by molar-refractivity contribution is 0.291. The molecule has 6 nitrogen and oxygen atoms in total. The minimum atomic E-state index is 0.116. The van der Waals surface area contributed by atoms with Gasteiger partial charge in [0.1, 0.15) is 10.7 Å². The van der Waals surface area contributed by atoms with Crippen LogP contribution in [0.25, 0.3) is 10.7 Å². The summed E-state index contributed by atoms with van der Waals surface area (Å²) in [5.41, 5.74) is 5.14. The third-order valence-corrected chi connectivity index (χ3v) is 6.05. The number of hydrogen-bond acceptors (Lipinski definition) is 8. The zero-order chi connectivity index (χ0) is 19.2. The van der Waals surface area contributed by atoms with Gasteiger partial charge in [0, 0.05) is 25.0 Å². The van der Waals surface area contributed by atoms with Crippen molar-refractivity contribution in [2.24, 2.45) is 0 Å². The van der Waals surface area contributed by atoms with E-state index in [4.69, 9.17) is 10.1 Å².